The Morgan fingerprint density at radius 2 is 1.75 bits per heavy atom. The molecule has 0 saturated carbocycles. The van der Waals surface area contributed by atoms with Gasteiger partial charge in [0.1, 0.15) is 11.5 Å². The highest BCUT2D eigenvalue weighted by atomic mass is 32.2. The summed E-state index contributed by atoms with van der Waals surface area (Å²) in [7, 11) is -2.19. The lowest BCUT2D eigenvalue weighted by atomic mass is 9.99. The zero-order chi connectivity index (χ0) is 23.1. The van der Waals surface area contributed by atoms with Crippen molar-refractivity contribution in [2.45, 2.75) is 26.7 Å². The van der Waals surface area contributed by atoms with Gasteiger partial charge in [0.25, 0.3) is 0 Å². The lowest BCUT2D eigenvalue weighted by molar-refractivity contribution is -0.120. The second-order valence-electron chi connectivity index (χ2n) is 7.51. The molecule has 0 spiro atoms. The predicted octanol–water partition coefficient (Wildman–Crippen LogP) is 3.52. The van der Waals surface area contributed by atoms with E-state index in [9.17, 15) is 13.2 Å². The smallest absolute Gasteiger partial charge is 0.304 e. The first-order valence-electron chi connectivity index (χ1n) is 10.8. The number of hydrogen-bond acceptors (Lipinski definition) is 5. The van der Waals surface area contributed by atoms with Gasteiger partial charge in [-0.1, -0.05) is 0 Å². The number of piperidine rings is 1. The van der Waals surface area contributed by atoms with Gasteiger partial charge in [-0.25, -0.2) is 0 Å². The van der Waals surface area contributed by atoms with Crippen LogP contribution in [0.5, 0.6) is 11.5 Å². The molecular formula is C23H31N3O5S. The third kappa shape index (κ3) is 5.52. The molecule has 1 amide bonds. The Kier molecular flexibility index (Phi) is 7.98. The van der Waals surface area contributed by atoms with Crippen molar-refractivity contribution in [3.05, 3.63) is 48.5 Å². The maximum absolute atomic E-state index is 13.4. The molecule has 2 aromatic rings. The molecule has 1 saturated heterocycles. The Hall–Kier alpha value is -2.78. The lowest BCUT2D eigenvalue weighted by Gasteiger charge is -2.35. The lowest BCUT2D eigenvalue weighted by Crippen LogP contribution is -2.50. The molecule has 0 aliphatic carbocycles. The minimum atomic E-state index is -3.77. The van der Waals surface area contributed by atoms with E-state index in [4.69, 9.17) is 9.47 Å². The number of nitrogens with one attached hydrogen (secondary N) is 1. The van der Waals surface area contributed by atoms with Gasteiger partial charge in [0, 0.05) is 25.3 Å². The van der Waals surface area contributed by atoms with Crippen LogP contribution in [0.4, 0.5) is 11.4 Å². The Morgan fingerprint density at radius 3 is 2.34 bits per heavy atom. The van der Waals surface area contributed by atoms with Gasteiger partial charge < -0.3 is 14.8 Å². The molecule has 32 heavy (non-hydrogen) atoms. The number of hydrogen-bond donors (Lipinski definition) is 1. The van der Waals surface area contributed by atoms with Gasteiger partial charge in [0.05, 0.1) is 25.3 Å². The summed E-state index contributed by atoms with van der Waals surface area (Å²) in [6, 6.07) is 14.1. The zero-order valence-corrected chi connectivity index (χ0v) is 19.6. The van der Waals surface area contributed by atoms with E-state index in [1.54, 1.807) is 62.6 Å². The molecule has 1 atom stereocenters. The number of amides is 1. The number of anilines is 2. The summed E-state index contributed by atoms with van der Waals surface area (Å²) in [5.74, 6) is 0.795. The van der Waals surface area contributed by atoms with Crippen molar-refractivity contribution in [3.63, 3.8) is 0 Å². The van der Waals surface area contributed by atoms with Gasteiger partial charge in [-0.3, -0.25) is 9.10 Å². The van der Waals surface area contributed by atoms with Crippen LogP contribution in [-0.2, 0) is 15.0 Å². The molecule has 3 rings (SSSR count). The van der Waals surface area contributed by atoms with Crippen molar-refractivity contribution >= 4 is 27.5 Å². The van der Waals surface area contributed by atoms with E-state index < -0.39 is 16.1 Å². The first-order chi connectivity index (χ1) is 15.4. The van der Waals surface area contributed by atoms with Crippen molar-refractivity contribution in [2.75, 3.05) is 43.0 Å². The van der Waals surface area contributed by atoms with E-state index >= 15 is 0 Å². The molecule has 1 heterocycles. The predicted molar refractivity (Wildman–Crippen MR) is 125 cm³/mol. The molecule has 1 fully saturated rings. The third-order valence-corrected chi connectivity index (χ3v) is 7.45. The minimum absolute atomic E-state index is 0.151. The normalized spacial score (nSPS) is 16.9. The molecular weight excluding hydrogens is 430 g/mol. The molecule has 9 heteroatoms. The van der Waals surface area contributed by atoms with Crippen LogP contribution in [-0.4, -0.2) is 52.0 Å². The highest BCUT2D eigenvalue weighted by Crippen LogP contribution is 2.27. The van der Waals surface area contributed by atoms with Gasteiger partial charge in [-0.05, 0) is 75.2 Å². The van der Waals surface area contributed by atoms with Gasteiger partial charge in [-0.15, -0.1) is 0 Å². The maximum Gasteiger partial charge on any atom is 0.304 e. The topological polar surface area (TPSA) is 88.2 Å². The number of ether oxygens (including phenoxy) is 2. The highest BCUT2D eigenvalue weighted by molar-refractivity contribution is 7.90. The van der Waals surface area contributed by atoms with E-state index in [1.165, 1.54) is 8.61 Å². The summed E-state index contributed by atoms with van der Waals surface area (Å²) < 4.78 is 40.2. The third-order valence-electron chi connectivity index (χ3n) is 5.44. The monoisotopic (exact) mass is 461 g/mol. The molecule has 0 bridgehead atoms. The van der Waals surface area contributed by atoms with Crippen LogP contribution in [0.15, 0.2) is 48.5 Å². The van der Waals surface area contributed by atoms with Crippen LogP contribution in [0.3, 0.4) is 0 Å². The van der Waals surface area contributed by atoms with Crippen molar-refractivity contribution < 1.29 is 22.7 Å². The largest absolute Gasteiger partial charge is 0.497 e. The fourth-order valence-corrected chi connectivity index (χ4v) is 5.50. The average Bonchev–Trinajstić information content (AvgIpc) is 2.81. The summed E-state index contributed by atoms with van der Waals surface area (Å²) >= 11 is 0. The number of carbonyl (C=O) groups is 1. The Bertz CT molecular complexity index is 993. The van der Waals surface area contributed by atoms with E-state index in [0.29, 0.717) is 48.9 Å². The molecule has 1 N–H and O–H groups in total. The molecule has 0 aromatic heterocycles. The maximum atomic E-state index is 13.4. The van der Waals surface area contributed by atoms with Crippen LogP contribution < -0.4 is 19.1 Å². The molecule has 1 aliphatic heterocycles. The summed E-state index contributed by atoms with van der Waals surface area (Å²) in [5, 5.41) is 2.88. The number of rotatable bonds is 9. The SMILES string of the molecule is CCOc1ccc(N(CC)S(=O)(=O)N2CCCC(C(=O)Nc3ccc(OC)cc3)C2)cc1. The molecule has 2 aromatic carbocycles. The zero-order valence-electron chi connectivity index (χ0n) is 18.8. The van der Waals surface area contributed by atoms with Crippen LogP contribution in [0.1, 0.15) is 26.7 Å². The van der Waals surface area contributed by atoms with Crippen LogP contribution >= 0.6 is 0 Å². The number of benzene rings is 2. The van der Waals surface area contributed by atoms with Crippen molar-refractivity contribution in [1.82, 2.24) is 4.31 Å². The molecule has 8 nitrogen and oxygen atoms in total. The van der Waals surface area contributed by atoms with Crippen molar-refractivity contribution in [2.24, 2.45) is 5.92 Å². The Balaban J connectivity index is 1.70. The fraction of sp³-hybridized carbons (Fsp3) is 0.435. The second kappa shape index (κ2) is 10.7. The van der Waals surface area contributed by atoms with Gasteiger partial charge in [-0.2, -0.15) is 12.7 Å². The molecule has 174 valence electrons. The molecule has 0 radical (unpaired) electrons. The van der Waals surface area contributed by atoms with Gasteiger partial charge in [0.15, 0.2) is 0 Å². The van der Waals surface area contributed by atoms with E-state index in [0.717, 1.165) is 0 Å². The number of nitrogens with zero attached hydrogens (tertiary/aromatic N) is 2. The summed E-state index contributed by atoms with van der Waals surface area (Å²) in [6.45, 7) is 5.07. The van der Waals surface area contributed by atoms with Gasteiger partial charge in [0.2, 0.25) is 5.91 Å². The molecule has 1 aliphatic rings. The van der Waals surface area contributed by atoms with E-state index in [2.05, 4.69) is 5.32 Å². The average molecular weight is 462 g/mol. The second-order valence-corrected chi connectivity index (χ2v) is 9.37. The summed E-state index contributed by atoms with van der Waals surface area (Å²) in [5.41, 5.74) is 1.22. The van der Waals surface area contributed by atoms with Crippen LogP contribution in [0.25, 0.3) is 0 Å². The fourth-order valence-electron chi connectivity index (χ4n) is 3.78. The van der Waals surface area contributed by atoms with Crippen molar-refractivity contribution in [1.29, 1.82) is 0 Å². The first kappa shape index (κ1) is 23.9. The van der Waals surface area contributed by atoms with E-state index in [-0.39, 0.29) is 19.0 Å². The Morgan fingerprint density at radius 1 is 1.09 bits per heavy atom. The summed E-state index contributed by atoms with van der Waals surface area (Å²) in [6.07, 6.45) is 1.27. The van der Waals surface area contributed by atoms with Crippen molar-refractivity contribution in [3.8, 4) is 11.5 Å². The highest BCUT2D eigenvalue weighted by Gasteiger charge is 2.35. The minimum Gasteiger partial charge on any atom is -0.497 e. The summed E-state index contributed by atoms with van der Waals surface area (Å²) in [4.78, 5) is 12.8. The number of carbonyl (C=O) groups excluding carboxylic acids is 1. The quantitative estimate of drug-likeness (QED) is 0.617. The van der Waals surface area contributed by atoms with E-state index in [1.807, 2.05) is 6.92 Å². The number of methoxy groups -OCH3 is 1. The standard InChI is InChI=1S/C23H31N3O5S/c1-4-26(20-10-14-22(15-11-20)31-5-2)32(28,29)25-16-6-7-18(17-25)23(27)24-19-8-12-21(30-3)13-9-19/h8-15,18H,4-7,16-17H2,1-3H3,(H,24,27). The van der Waals surface area contributed by atoms with Crippen LogP contribution in [0.2, 0.25) is 0 Å². The first-order valence-corrected chi connectivity index (χ1v) is 12.2. The van der Waals surface area contributed by atoms with Crippen LogP contribution in [0, 0.1) is 5.92 Å². The molecule has 1 unspecified atom stereocenters. The Labute approximate surface area is 190 Å². The van der Waals surface area contributed by atoms with Gasteiger partial charge >= 0.3 is 10.2 Å².